The van der Waals surface area contributed by atoms with E-state index < -0.39 is 19.9 Å². The van der Waals surface area contributed by atoms with Gasteiger partial charge in [-0.3, -0.25) is 4.31 Å². The molecule has 0 radical (unpaired) electrons. The summed E-state index contributed by atoms with van der Waals surface area (Å²) in [4.78, 5) is 0. The molecule has 0 bridgehead atoms. The molecule has 7 heteroatoms. The summed E-state index contributed by atoms with van der Waals surface area (Å²) in [6, 6.07) is 7.21. The first-order chi connectivity index (χ1) is 8.87. The van der Waals surface area contributed by atoms with Crippen LogP contribution in [0.5, 0.6) is 0 Å². The fourth-order valence-electron chi connectivity index (χ4n) is 2.76. The van der Waals surface area contributed by atoms with Gasteiger partial charge in [-0.2, -0.15) is 0 Å². The van der Waals surface area contributed by atoms with E-state index in [1.165, 1.54) is 4.31 Å². The highest BCUT2D eigenvalue weighted by molar-refractivity contribution is 7.92. The molecular formula is C12H15NO4S2. The smallest absolute Gasteiger partial charge is 0.239 e. The van der Waals surface area contributed by atoms with E-state index in [2.05, 4.69) is 0 Å². The van der Waals surface area contributed by atoms with Crippen molar-refractivity contribution >= 4 is 25.5 Å². The standard InChI is InChI=1S/C12H15NO4S2/c14-18(15)6-5-10(8-18)7-13-12-4-2-1-3-11(12)9-19(13,16)17/h1-4,10H,5-9H2. The Hall–Kier alpha value is -1.08. The lowest BCUT2D eigenvalue weighted by Crippen LogP contribution is -2.32. The number of fused-ring (bicyclic) bond motifs is 1. The number of anilines is 1. The van der Waals surface area contributed by atoms with Gasteiger partial charge in [-0.05, 0) is 24.0 Å². The van der Waals surface area contributed by atoms with E-state index in [4.69, 9.17) is 0 Å². The zero-order valence-corrected chi connectivity index (χ0v) is 12.0. The van der Waals surface area contributed by atoms with Crippen LogP contribution >= 0.6 is 0 Å². The van der Waals surface area contributed by atoms with Gasteiger partial charge in [0.15, 0.2) is 9.84 Å². The second-order valence-electron chi connectivity index (χ2n) is 5.19. The van der Waals surface area contributed by atoms with Gasteiger partial charge in [-0.25, -0.2) is 16.8 Å². The van der Waals surface area contributed by atoms with Gasteiger partial charge in [0.1, 0.15) is 0 Å². The van der Waals surface area contributed by atoms with Crippen LogP contribution in [-0.2, 0) is 25.6 Å². The van der Waals surface area contributed by atoms with Crippen molar-refractivity contribution in [2.24, 2.45) is 5.92 Å². The number of nitrogens with zero attached hydrogens (tertiary/aromatic N) is 1. The number of para-hydroxylation sites is 1. The molecule has 3 rings (SSSR count). The summed E-state index contributed by atoms with van der Waals surface area (Å²) in [7, 11) is -6.31. The summed E-state index contributed by atoms with van der Waals surface area (Å²) in [6.45, 7) is 0.276. The van der Waals surface area contributed by atoms with Crippen LogP contribution in [0.2, 0.25) is 0 Å². The van der Waals surface area contributed by atoms with E-state index in [1.54, 1.807) is 18.2 Å². The minimum Gasteiger partial charge on any atom is -0.269 e. The lowest BCUT2D eigenvalue weighted by molar-refractivity contribution is 0.567. The molecule has 2 aliphatic heterocycles. The van der Waals surface area contributed by atoms with Gasteiger partial charge in [0.2, 0.25) is 10.0 Å². The second-order valence-corrected chi connectivity index (χ2v) is 9.31. The maximum atomic E-state index is 12.1. The summed E-state index contributed by atoms with van der Waals surface area (Å²) in [5.74, 6) is 0.197. The summed E-state index contributed by atoms with van der Waals surface area (Å²) in [5, 5.41) is 0. The first-order valence-electron chi connectivity index (χ1n) is 6.16. The molecule has 1 saturated heterocycles. The van der Waals surface area contributed by atoms with Crippen LogP contribution in [0.3, 0.4) is 0 Å². The van der Waals surface area contributed by atoms with Crippen molar-refractivity contribution in [3.8, 4) is 0 Å². The van der Waals surface area contributed by atoms with Gasteiger partial charge in [0, 0.05) is 6.54 Å². The fraction of sp³-hybridized carbons (Fsp3) is 0.500. The van der Waals surface area contributed by atoms with Gasteiger partial charge in [-0.15, -0.1) is 0 Å². The van der Waals surface area contributed by atoms with E-state index >= 15 is 0 Å². The van der Waals surface area contributed by atoms with Gasteiger partial charge in [-0.1, -0.05) is 18.2 Å². The van der Waals surface area contributed by atoms with Crippen LogP contribution in [0.15, 0.2) is 24.3 Å². The average molecular weight is 301 g/mol. The lowest BCUT2D eigenvalue weighted by Gasteiger charge is -2.21. The van der Waals surface area contributed by atoms with E-state index in [1.807, 2.05) is 6.07 Å². The zero-order chi connectivity index (χ0) is 13.7. The summed E-state index contributed by atoms with van der Waals surface area (Å²) in [6.07, 6.45) is 0.552. The molecule has 1 fully saturated rings. The number of rotatable bonds is 2. The Morgan fingerprint density at radius 1 is 1.16 bits per heavy atom. The van der Waals surface area contributed by atoms with Crippen molar-refractivity contribution in [3.63, 3.8) is 0 Å². The Morgan fingerprint density at radius 2 is 1.89 bits per heavy atom. The minimum absolute atomic E-state index is 0.0165. The van der Waals surface area contributed by atoms with E-state index in [-0.39, 0.29) is 29.7 Å². The van der Waals surface area contributed by atoms with Crippen molar-refractivity contribution in [2.75, 3.05) is 22.4 Å². The summed E-state index contributed by atoms with van der Waals surface area (Å²) in [5.41, 5.74) is 1.50. The molecule has 1 atom stereocenters. The Bertz CT molecular complexity index is 709. The topological polar surface area (TPSA) is 71.5 Å². The highest BCUT2D eigenvalue weighted by Crippen LogP contribution is 2.35. The molecular weight excluding hydrogens is 286 g/mol. The number of sulfone groups is 1. The third kappa shape index (κ3) is 2.36. The van der Waals surface area contributed by atoms with Crippen molar-refractivity contribution in [1.29, 1.82) is 0 Å². The Morgan fingerprint density at radius 3 is 2.58 bits per heavy atom. The third-order valence-corrected chi connectivity index (χ3v) is 7.21. The van der Waals surface area contributed by atoms with E-state index in [0.717, 1.165) is 5.56 Å². The van der Waals surface area contributed by atoms with Crippen LogP contribution in [0.25, 0.3) is 0 Å². The second kappa shape index (κ2) is 4.21. The van der Waals surface area contributed by atoms with Crippen LogP contribution in [0.1, 0.15) is 12.0 Å². The molecule has 0 aliphatic carbocycles. The first-order valence-corrected chi connectivity index (χ1v) is 9.59. The first kappa shape index (κ1) is 12.9. The normalized spacial score (nSPS) is 27.4. The molecule has 2 heterocycles. The summed E-state index contributed by atoms with van der Waals surface area (Å²) >= 11 is 0. The van der Waals surface area contributed by atoms with Crippen molar-refractivity contribution in [1.82, 2.24) is 0 Å². The zero-order valence-electron chi connectivity index (χ0n) is 10.3. The number of benzene rings is 1. The molecule has 5 nitrogen and oxygen atoms in total. The Balaban J connectivity index is 1.88. The van der Waals surface area contributed by atoms with Crippen LogP contribution in [0, 0.1) is 5.92 Å². The lowest BCUT2D eigenvalue weighted by atomic mass is 10.1. The number of hydrogen-bond donors (Lipinski definition) is 0. The molecule has 0 saturated carbocycles. The van der Waals surface area contributed by atoms with Crippen LogP contribution in [0.4, 0.5) is 5.69 Å². The van der Waals surface area contributed by atoms with Gasteiger partial charge < -0.3 is 0 Å². The molecule has 1 unspecified atom stereocenters. The molecule has 0 N–H and O–H groups in total. The number of sulfonamides is 1. The fourth-order valence-corrected chi connectivity index (χ4v) is 6.32. The molecule has 0 spiro atoms. The molecule has 0 amide bonds. The molecule has 2 aliphatic rings. The molecule has 19 heavy (non-hydrogen) atoms. The van der Waals surface area contributed by atoms with Crippen molar-refractivity contribution in [3.05, 3.63) is 29.8 Å². The SMILES string of the molecule is O=S1(=O)CCC(CN2c3ccccc3CS2(=O)=O)C1. The predicted molar refractivity (Wildman–Crippen MR) is 73.2 cm³/mol. The maximum Gasteiger partial charge on any atom is 0.239 e. The van der Waals surface area contributed by atoms with Gasteiger partial charge in [0.05, 0.1) is 22.9 Å². The largest absolute Gasteiger partial charge is 0.269 e. The molecule has 104 valence electrons. The van der Waals surface area contributed by atoms with E-state index in [0.29, 0.717) is 12.1 Å². The van der Waals surface area contributed by atoms with Crippen molar-refractivity contribution in [2.45, 2.75) is 12.2 Å². The molecule has 0 aromatic heterocycles. The Kier molecular flexibility index (Phi) is 2.86. The number of hydrogen-bond acceptors (Lipinski definition) is 4. The van der Waals surface area contributed by atoms with Crippen LogP contribution < -0.4 is 4.31 Å². The maximum absolute atomic E-state index is 12.1. The highest BCUT2D eigenvalue weighted by atomic mass is 32.2. The molecule has 1 aromatic rings. The van der Waals surface area contributed by atoms with Gasteiger partial charge in [0.25, 0.3) is 0 Å². The quantitative estimate of drug-likeness (QED) is 0.809. The predicted octanol–water partition coefficient (Wildman–Crippen LogP) is 0.771. The minimum atomic E-state index is -3.33. The van der Waals surface area contributed by atoms with Crippen molar-refractivity contribution < 1.29 is 16.8 Å². The average Bonchev–Trinajstić information content (AvgIpc) is 2.77. The monoisotopic (exact) mass is 301 g/mol. The molecule has 1 aromatic carbocycles. The van der Waals surface area contributed by atoms with Gasteiger partial charge >= 0.3 is 0 Å². The van der Waals surface area contributed by atoms with Crippen LogP contribution in [-0.4, -0.2) is 34.9 Å². The Labute approximate surface area is 113 Å². The van der Waals surface area contributed by atoms with E-state index in [9.17, 15) is 16.8 Å². The third-order valence-electron chi connectivity index (χ3n) is 3.68. The highest BCUT2D eigenvalue weighted by Gasteiger charge is 2.37. The summed E-state index contributed by atoms with van der Waals surface area (Å²) < 4.78 is 48.6.